The maximum absolute atomic E-state index is 11.8. The lowest BCUT2D eigenvalue weighted by Crippen LogP contribution is -2.43. The van der Waals surface area contributed by atoms with Crippen LogP contribution in [0.25, 0.3) is 0 Å². The number of nitrogens with one attached hydrogen (secondary N) is 2. The highest BCUT2D eigenvalue weighted by Gasteiger charge is 2.27. The number of carbonyl (C=O) groups is 1. The lowest BCUT2D eigenvalue weighted by Gasteiger charge is -2.22. The van der Waals surface area contributed by atoms with Crippen LogP contribution in [0.2, 0.25) is 0 Å². The Balaban J connectivity index is 2.04. The lowest BCUT2D eigenvalue weighted by molar-refractivity contribution is -0.0327. The minimum absolute atomic E-state index is 0.0305. The van der Waals surface area contributed by atoms with Gasteiger partial charge in [0.15, 0.2) is 0 Å². The predicted molar refractivity (Wildman–Crippen MR) is 61.9 cm³/mol. The average Bonchev–Trinajstić information content (AvgIpc) is 2.25. The monoisotopic (exact) mass is 270 g/mol. The van der Waals surface area contributed by atoms with Crippen molar-refractivity contribution in [1.29, 1.82) is 0 Å². The van der Waals surface area contributed by atoms with Gasteiger partial charge in [-0.15, -0.1) is 0 Å². The molecule has 100 valence electrons. The molecule has 1 fully saturated rings. The molecule has 1 rings (SSSR count). The van der Waals surface area contributed by atoms with Crippen molar-refractivity contribution in [2.24, 2.45) is 0 Å². The summed E-state index contributed by atoms with van der Waals surface area (Å²) in [6, 6.07) is -0.182. The van der Waals surface area contributed by atoms with Gasteiger partial charge in [-0.05, 0) is 24.6 Å². The van der Waals surface area contributed by atoms with Crippen LogP contribution in [0.3, 0.4) is 0 Å². The van der Waals surface area contributed by atoms with E-state index >= 15 is 0 Å². The SMILES string of the molecule is O=C(NCCSC(F)(F)F)NC1CCCCC1. The van der Waals surface area contributed by atoms with Crippen LogP contribution >= 0.6 is 11.8 Å². The molecule has 2 N–H and O–H groups in total. The summed E-state index contributed by atoms with van der Waals surface area (Å²) in [6.07, 6.45) is 5.33. The zero-order chi connectivity index (χ0) is 12.7. The molecule has 0 atom stereocenters. The maximum atomic E-state index is 11.8. The summed E-state index contributed by atoms with van der Waals surface area (Å²) >= 11 is -0.121. The summed E-state index contributed by atoms with van der Waals surface area (Å²) in [4.78, 5) is 11.3. The summed E-state index contributed by atoms with van der Waals surface area (Å²) in [5.41, 5.74) is -4.22. The first-order valence-corrected chi connectivity index (χ1v) is 6.71. The third-order valence-corrected chi connectivity index (χ3v) is 3.33. The molecule has 7 heteroatoms. The van der Waals surface area contributed by atoms with E-state index in [1.165, 1.54) is 6.42 Å². The second kappa shape index (κ2) is 6.98. The van der Waals surface area contributed by atoms with Crippen LogP contribution < -0.4 is 10.6 Å². The van der Waals surface area contributed by atoms with Gasteiger partial charge in [-0.1, -0.05) is 19.3 Å². The van der Waals surface area contributed by atoms with Crippen molar-refractivity contribution in [3.05, 3.63) is 0 Å². The van der Waals surface area contributed by atoms with Gasteiger partial charge in [-0.2, -0.15) is 13.2 Å². The van der Waals surface area contributed by atoms with Crippen LogP contribution in [-0.4, -0.2) is 29.9 Å². The van der Waals surface area contributed by atoms with Crippen LogP contribution in [0, 0.1) is 0 Å². The Labute approximate surface area is 103 Å². The van der Waals surface area contributed by atoms with E-state index in [2.05, 4.69) is 10.6 Å². The van der Waals surface area contributed by atoms with E-state index in [0.29, 0.717) is 0 Å². The fourth-order valence-electron chi connectivity index (χ4n) is 1.81. The molecule has 0 bridgehead atoms. The molecule has 0 unspecified atom stereocenters. The molecule has 0 aliphatic heterocycles. The summed E-state index contributed by atoms with van der Waals surface area (Å²) in [7, 11) is 0. The van der Waals surface area contributed by atoms with Gasteiger partial charge >= 0.3 is 11.5 Å². The van der Waals surface area contributed by atoms with Gasteiger partial charge < -0.3 is 10.6 Å². The molecule has 3 nitrogen and oxygen atoms in total. The molecule has 1 saturated carbocycles. The molecule has 0 radical (unpaired) electrons. The third kappa shape index (κ3) is 7.36. The predicted octanol–water partition coefficient (Wildman–Crippen LogP) is 2.87. The minimum atomic E-state index is -4.22. The molecule has 2 amide bonds. The Kier molecular flexibility index (Phi) is 5.94. The fraction of sp³-hybridized carbons (Fsp3) is 0.900. The summed E-state index contributed by atoms with van der Waals surface area (Å²) in [6.45, 7) is 0.0305. The van der Waals surface area contributed by atoms with Gasteiger partial charge in [0.05, 0.1) is 0 Å². The van der Waals surface area contributed by atoms with E-state index in [1.807, 2.05) is 0 Å². The number of hydrogen-bond acceptors (Lipinski definition) is 2. The number of carbonyl (C=O) groups excluding carboxylic acids is 1. The molecule has 1 aliphatic carbocycles. The summed E-state index contributed by atoms with van der Waals surface area (Å²) < 4.78 is 35.4. The van der Waals surface area contributed by atoms with Gasteiger partial charge in [-0.3, -0.25) is 0 Å². The third-order valence-electron chi connectivity index (χ3n) is 2.59. The molecule has 17 heavy (non-hydrogen) atoms. The van der Waals surface area contributed by atoms with Crippen molar-refractivity contribution in [2.75, 3.05) is 12.3 Å². The smallest absolute Gasteiger partial charge is 0.337 e. The van der Waals surface area contributed by atoms with Crippen LogP contribution in [0.1, 0.15) is 32.1 Å². The van der Waals surface area contributed by atoms with Crippen molar-refractivity contribution in [3.63, 3.8) is 0 Å². The molecular weight excluding hydrogens is 253 g/mol. The Hall–Kier alpha value is -0.590. The van der Waals surface area contributed by atoms with E-state index in [-0.39, 0.29) is 36.1 Å². The molecule has 1 aliphatic rings. The van der Waals surface area contributed by atoms with Gasteiger partial charge in [0.1, 0.15) is 0 Å². The highest BCUT2D eigenvalue weighted by molar-refractivity contribution is 8.00. The molecule has 0 aromatic heterocycles. The van der Waals surface area contributed by atoms with Gasteiger partial charge in [-0.25, -0.2) is 4.79 Å². The molecule has 0 aromatic carbocycles. The zero-order valence-corrected chi connectivity index (χ0v) is 10.3. The van der Waals surface area contributed by atoms with Crippen LogP contribution in [-0.2, 0) is 0 Å². The highest BCUT2D eigenvalue weighted by atomic mass is 32.2. The minimum Gasteiger partial charge on any atom is -0.337 e. The van der Waals surface area contributed by atoms with Crippen LogP contribution in [0.4, 0.5) is 18.0 Å². The van der Waals surface area contributed by atoms with Gasteiger partial charge in [0.25, 0.3) is 0 Å². The number of amides is 2. The Morgan fingerprint density at radius 1 is 1.24 bits per heavy atom. The maximum Gasteiger partial charge on any atom is 0.441 e. The van der Waals surface area contributed by atoms with Gasteiger partial charge in [0, 0.05) is 18.3 Å². The van der Waals surface area contributed by atoms with Crippen molar-refractivity contribution in [3.8, 4) is 0 Å². The van der Waals surface area contributed by atoms with Crippen LogP contribution in [0.15, 0.2) is 0 Å². The van der Waals surface area contributed by atoms with Crippen molar-refractivity contribution in [2.45, 2.75) is 43.7 Å². The molecular formula is C10H17F3N2OS. The Morgan fingerprint density at radius 2 is 1.88 bits per heavy atom. The standard InChI is InChI=1S/C10H17F3N2OS/c11-10(12,13)17-7-6-14-9(16)15-8-4-2-1-3-5-8/h8H,1-7H2,(H2,14,15,16). The van der Waals surface area contributed by atoms with E-state index in [0.717, 1.165) is 25.7 Å². The molecule has 0 saturated heterocycles. The fourth-order valence-corrected chi connectivity index (χ4v) is 2.25. The average molecular weight is 270 g/mol. The van der Waals surface area contributed by atoms with Crippen LogP contribution in [0.5, 0.6) is 0 Å². The second-order valence-electron chi connectivity index (χ2n) is 4.03. The summed E-state index contributed by atoms with van der Waals surface area (Å²) in [5.74, 6) is -0.151. The van der Waals surface area contributed by atoms with Crippen molar-refractivity contribution in [1.82, 2.24) is 10.6 Å². The first kappa shape index (κ1) is 14.5. The molecule has 0 aromatic rings. The first-order valence-electron chi connectivity index (χ1n) is 5.72. The number of halogens is 3. The van der Waals surface area contributed by atoms with E-state index in [4.69, 9.17) is 0 Å². The van der Waals surface area contributed by atoms with E-state index < -0.39 is 5.51 Å². The molecule has 0 spiro atoms. The lowest BCUT2D eigenvalue weighted by atomic mass is 9.96. The zero-order valence-electron chi connectivity index (χ0n) is 9.48. The Morgan fingerprint density at radius 3 is 2.47 bits per heavy atom. The second-order valence-corrected chi connectivity index (χ2v) is 5.19. The van der Waals surface area contributed by atoms with E-state index in [9.17, 15) is 18.0 Å². The van der Waals surface area contributed by atoms with Gasteiger partial charge in [0.2, 0.25) is 0 Å². The number of urea groups is 1. The van der Waals surface area contributed by atoms with E-state index in [1.54, 1.807) is 0 Å². The molecule has 0 heterocycles. The number of alkyl halides is 3. The quantitative estimate of drug-likeness (QED) is 0.771. The number of rotatable bonds is 4. The number of thioether (sulfide) groups is 1. The largest absolute Gasteiger partial charge is 0.441 e. The first-order chi connectivity index (χ1) is 7.97. The summed E-state index contributed by atoms with van der Waals surface area (Å²) in [5, 5.41) is 5.21. The van der Waals surface area contributed by atoms with Crippen molar-refractivity contribution >= 4 is 17.8 Å². The normalized spacial score (nSPS) is 17.8. The number of hydrogen-bond donors (Lipinski definition) is 2. The highest BCUT2D eigenvalue weighted by Crippen LogP contribution is 2.29. The Bertz CT molecular complexity index is 242. The topological polar surface area (TPSA) is 41.1 Å². The van der Waals surface area contributed by atoms with Crippen molar-refractivity contribution < 1.29 is 18.0 Å².